The summed E-state index contributed by atoms with van der Waals surface area (Å²) in [5.74, 6) is 2.72. The number of ether oxygens (including phenoxy) is 1. The molecule has 0 N–H and O–H groups in total. The molecule has 0 amide bonds. The van der Waals surface area contributed by atoms with Crippen LogP contribution in [0.4, 0.5) is 0 Å². The Balaban J connectivity index is 1.89. The second-order valence-corrected chi connectivity index (χ2v) is 5.52. The average molecular weight is 301 g/mol. The number of hydrogen-bond donors (Lipinski definition) is 0. The van der Waals surface area contributed by atoms with Crippen molar-refractivity contribution in [3.63, 3.8) is 0 Å². The number of carbonyl (C=O) groups is 1. The molecule has 0 aliphatic heterocycles. The van der Waals surface area contributed by atoms with Crippen LogP contribution in [0.1, 0.15) is 42.4 Å². The van der Waals surface area contributed by atoms with Crippen LogP contribution >= 0.6 is 0 Å². The van der Waals surface area contributed by atoms with E-state index in [1.807, 2.05) is 33.8 Å². The molecule has 3 rings (SSSR count). The van der Waals surface area contributed by atoms with E-state index in [4.69, 9.17) is 4.74 Å². The summed E-state index contributed by atoms with van der Waals surface area (Å²) in [6, 6.07) is 1.89. The molecule has 22 heavy (non-hydrogen) atoms. The second-order valence-electron chi connectivity index (χ2n) is 5.52. The fraction of sp³-hybridized carbons (Fsp3) is 0.533. The number of esters is 1. The summed E-state index contributed by atoms with van der Waals surface area (Å²) in [6.45, 7) is 7.80. The third-order valence-electron chi connectivity index (χ3n) is 3.70. The average Bonchev–Trinajstić information content (AvgIpc) is 3.18. The Morgan fingerprint density at radius 1 is 1.27 bits per heavy atom. The van der Waals surface area contributed by atoms with Crippen molar-refractivity contribution in [1.29, 1.82) is 0 Å². The molecular weight excluding hydrogens is 282 g/mol. The van der Waals surface area contributed by atoms with Crippen molar-refractivity contribution in [3.05, 3.63) is 29.2 Å². The van der Waals surface area contributed by atoms with Gasteiger partial charge in [-0.2, -0.15) is 4.68 Å². The van der Waals surface area contributed by atoms with E-state index in [0.717, 1.165) is 17.9 Å². The fourth-order valence-electron chi connectivity index (χ4n) is 2.64. The summed E-state index contributed by atoms with van der Waals surface area (Å²) in [7, 11) is 0. The molecule has 0 bridgehead atoms. The van der Waals surface area contributed by atoms with E-state index >= 15 is 0 Å². The Hall–Kier alpha value is -2.31. The topological polar surface area (TPSA) is 82.8 Å². The van der Waals surface area contributed by atoms with Crippen LogP contribution < -0.4 is 0 Å². The standard InChI is InChI=1S/C15H19N5O2/c1-5-22-15(21)12-6-11(12)13-7-14(18-8(2)17-13)20-10(4)16-9(3)19-20/h7,11-12H,5-6H2,1-4H3/t11-,12-/m0/s1. The Labute approximate surface area is 128 Å². The third-order valence-corrected chi connectivity index (χ3v) is 3.70. The van der Waals surface area contributed by atoms with Gasteiger partial charge in [0.15, 0.2) is 5.82 Å². The van der Waals surface area contributed by atoms with Crippen molar-refractivity contribution in [2.24, 2.45) is 5.92 Å². The zero-order chi connectivity index (χ0) is 15.9. The summed E-state index contributed by atoms with van der Waals surface area (Å²) in [4.78, 5) is 25.0. The Morgan fingerprint density at radius 2 is 2.05 bits per heavy atom. The number of rotatable bonds is 4. The van der Waals surface area contributed by atoms with Gasteiger partial charge in [-0.05, 0) is 34.1 Å². The highest BCUT2D eigenvalue weighted by atomic mass is 16.5. The first-order chi connectivity index (χ1) is 10.5. The monoisotopic (exact) mass is 301 g/mol. The van der Waals surface area contributed by atoms with E-state index < -0.39 is 0 Å². The van der Waals surface area contributed by atoms with Crippen molar-refractivity contribution in [2.75, 3.05) is 6.61 Å². The summed E-state index contributed by atoms with van der Waals surface area (Å²) < 4.78 is 6.78. The van der Waals surface area contributed by atoms with Gasteiger partial charge in [0.05, 0.1) is 18.2 Å². The van der Waals surface area contributed by atoms with E-state index in [1.165, 1.54) is 0 Å². The molecule has 1 fully saturated rings. The molecule has 1 aliphatic rings. The molecule has 0 aromatic carbocycles. The van der Waals surface area contributed by atoms with Crippen LogP contribution in [0, 0.1) is 26.7 Å². The highest BCUT2D eigenvalue weighted by Gasteiger charge is 2.46. The van der Waals surface area contributed by atoms with E-state index in [2.05, 4.69) is 20.1 Å². The highest BCUT2D eigenvalue weighted by Crippen LogP contribution is 2.47. The molecule has 1 aliphatic carbocycles. The minimum absolute atomic E-state index is 0.0827. The van der Waals surface area contributed by atoms with Gasteiger partial charge >= 0.3 is 5.97 Å². The van der Waals surface area contributed by atoms with E-state index in [-0.39, 0.29) is 17.8 Å². The molecule has 2 heterocycles. The Morgan fingerprint density at radius 3 is 2.68 bits per heavy atom. The van der Waals surface area contributed by atoms with Crippen molar-refractivity contribution < 1.29 is 9.53 Å². The lowest BCUT2D eigenvalue weighted by molar-refractivity contribution is -0.144. The van der Waals surface area contributed by atoms with Gasteiger partial charge in [-0.15, -0.1) is 5.10 Å². The number of aryl methyl sites for hydroxylation is 3. The molecule has 7 nitrogen and oxygen atoms in total. The maximum Gasteiger partial charge on any atom is 0.309 e. The lowest BCUT2D eigenvalue weighted by Gasteiger charge is -2.07. The number of carbonyl (C=O) groups excluding carboxylic acids is 1. The van der Waals surface area contributed by atoms with Crippen LogP contribution in [0.25, 0.3) is 5.82 Å². The quantitative estimate of drug-likeness (QED) is 0.799. The SMILES string of the molecule is CCOC(=O)[C@H]1C[C@@H]1c1cc(-n2nc(C)nc2C)nc(C)n1. The fourth-order valence-corrected chi connectivity index (χ4v) is 2.64. The van der Waals surface area contributed by atoms with Crippen LogP contribution in [0.15, 0.2) is 6.07 Å². The molecule has 2 atom stereocenters. The molecule has 0 radical (unpaired) electrons. The summed E-state index contributed by atoms with van der Waals surface area (Å²) in [5.41, 5.74) is 0.869. The lowest BCUT2D eigenvalue weighted by atomic mass is 10.2. The molecule has 2 aromatic heterocycles. The van der Waals surface area contributed by atoms with Crippen molar-refractivity contribution in [1.82, 2.24) is 24.7 Å². The highest BCUT2D eigenvalue weighted by molar-refractivity contribution is 5.77. The Bertz CT molecular complexity index is 725. The second kappa shape index (κ2) is 5.47. The van der Waals surface area contributed by atoms with Gasteiger partial charge in [-0.25, -0.2) is 15.0 Å². The van der Waals surface area contributed by atoms with Crippen LogP contribution in [-0.4, -0.2) is 37.3 Å². The predicted molar refractivity (Wildman–Crippen MR) is 78.6 cm³/mol. The summed E-state index contributed by atoms with van der Waals surface area (Å²) in [6.07, 6.45) is 0.782. The van der Waals surface area contributed by atoms with Crippen LogP contribution in [0.3, 0.4) is 0 Å². The van der Waals surface area contributed by atoms with Gasteiger partial charge in [0.25, 0.3) is 0 Å². The minimum Gasteiger partial charge on any atom is -0.466 e. The van der Waals surface area contributed by atoms with Gasteiger partial charge in [0.2, 0.25) is 0 Å². The molecule has 7 heteroatoms. The van der Waals surface area contributed by atoms with Crippen molar-refractivity contribution in [2.45, 2.75) is 40.0 Å². The van der Waals surface area contributed by atoms with Gasteiger partial charge in [0, 0.05) is 12.0 Å². The lowest BCUT2D eigenvalue weighted by Crippen LogP contribution is -2.09. The molecule has 2 aromatic rings. The number of nitrogens with zero attached hydrogens (tertiary/aromatic N) is 5. The predicted octanol–water partition coefficient (Wildman–Crippen LogP) is 1.65. The van der Waals surface area contributed by atoms with E-state index in [0.29, 0.717) is 24.1 Å². The zero-order valence-electron chi connectivity index (χ0n) is 13.2. The van der Waals surface area contributed by atoms with Gasteiger partial charge in [0.1, 0.15) is 17.5 Å². The molecule has 116 valence electrons. The first kappa shape index (κ1) is 14.6. The molecule has 0 unspecified atom stereocenters. The van der Waals surface area contributed by atoms with Gasteiger partial charge in [-0.3, -0.25) is 4.79 Å². The van der Waals surface area contributed by atoms with Crippen LogP contribution in [0.2, 0.25) is 0 Å². The van der Waals surface area contributed by atoms with E-state index in [9.17, 15) is 4.79 Å². The van der Waals surface area contributed by atoms with Crippen LogP contribution in [0.5, 0.6) is 0 Å². The maximum atomic E-state index is 11.8. The normalized spacial score (nSPS) is 20.0. The maximum absolute atomic E-state index is 11.8. The molecule has 0 spiro atoms. The zero-order valence-corrected chi connectivity index (χ0v) is 13.2. The van der Waals surface area contributed by atoms with Gasteiger partial charge < -0.3 is 4.74 Å². The van der Waals surface area contributed by atoms with E-state index in [1.54, 1.807) is 4.68 Å². The molecule has 0 saturated heterocycles. The first-order valence-electron chi connectivity index (χ1n) is 7.42. The number of hydrogen-bond acceptors (Lipinski definition) is 6. The summed E-state index contributed by atoms with van der Waals surface area (Å²) >= 11 is 0. The largest absolute Gasteiger partial charge is 0.466 e. The van der Waals surface area contributed by atoms with Crippen molar-refractivity contribution in [3.8, 4) is 5.82 Å². The molecular formula is C15H19N5O2. The first-order valence-corrected chi connectivity index (χ1v) is 7.42. The smallest absolute Gasteiger partial charge is 0.309 e. The van der Waals surface area contributed by atoms with Crippen LogP contribution in [-0.2, 0) is 9.53 Å². The molecule has 1 saturated carbocycles. The van der Waals surface area contributed by atoms with Gasteiger partial charge in [-0.1, -0.05) is 0 Å². The van der Waals surface area contributed by atoms with Crippen molar-refractivity contribution >= 4 is 5.97 Å². The Kier molecular flexibility index (Phi) is 3.64. The summed E-state index contributed by atoms with van der Waals surface area (Å²) in [5, 5.41) is 4.35. The number of aromatic nitrogens is 5. The third kappa shape index (κ3) is 2.70. The minimum atomic E-state index is -0.141.